The summed E-state index contributed by atoms with van der Waals surface area (Å²) >= 11 is 16.6. The maximum absolute atomic E-state index is 12.2. The quantitative estimate of drug-likeness (QED) is 0.152. The third kappa shape index (κ3) is 5.20. The van der Waals surface area contributed by atoms with Crippen LogP contribution in [0.2, 0.25) is 10.0 Å². The van der Waals surface area contributed by atoms with Crippen LogP contribution < -0.4 is 4.74 Å². The number of unbranched alkanes of at least 4 members (excludes halogenated alkanes) is 1. The van der Waals surface area contributed by atoms with E-state index in [0.717, 1.165) is 31.3 Å². The lowest BCUT2D eigenvalue weighted by Gasteiger charge is -2.11. The van der Waals surface area contributed by atoms with E-state index in [0.29, 0.717) is 22.2 Å². The highest BCUT2D eigenvalue weighted by molar-refractivity contribution is 14.1. The van der Waals surface area contributed by atoms with Crippen molar-refractivity contribution in [2.75, 3.05) is 6.61 Å². The van der Waals surface area contributed by atoms with Crippen molar-refractivity contribution in [1.29, 1.82) is 0 Å². The Labute approximate surface area is 200 Å². The van der Waals surface area contributed by atoms with Crippen molar-refractivity contribution in [1.82, 2.24) is 0 Å². The third-order valence-corrected chi connectivity index (χ3v) is 6.00. The van der Waals surface area contributed by atoms with Crippen LogP contribution in [0.15, 0.2) is 41.0 Å². The standard InChI is InChI=1S/C20H15Cl2I2NO3/c1-2-3-6-27-18-15(23)7-11(8-16(18)24)9-17-20(26)28-19(25-17)13-5-4-12(21)10-14(13)22/h4-5,7-10H,2-3,6H2,1H3/b17-9-. The summed E-state index contributed by atoms with van der Waals surface area (Å²) in [5, 5.41) is 0.873. The number of hydrogen-bond acceptors (Lipinski definition) is 4. The summed E-state index contributed by atoms with van der Waals surface area (Å²) in [5.74, 6) is 0.513. The number of aliphatic imine (C=N–C) groups is 1. The Bertz CT molecular complexity index is 966. The van der Waals surface area contributed by atoms with Gasteiger partial charge in [-0.15, -0.1) is 0 Å². The Morgan fingerprint density at radius 1 is 1.18 bits per heavy atom. The molecule has 0 bridgehead atoms. The fraction of sp³-hybridized carbons (Fsp3) is 0.200. The van der Waals surface area contributed by atoms with Crippen LogP contribution >= 0.6 is 68.4 Å². The highest BCUT2D eigenvalue weighted by Gasteiger charge is 2.26. The molecule has 0 amide bonds. The number of cyclic esters (lactones) is 1. The molecular weight excluding hydrogens is 627 g/mol. The van der Waals surface area contributed by atoms with E-state index in [9.17, 15) is 4.79 Å². The molecule has 2 aromatic rings. The van der Waals surface area contributed by atoms with Crippen molar-refractivity contribution in [3.63, 3.8) is 0 Å². The second kappa shape index (κ2) is 9.77. The lowest BCUT2D eigenvalue weighted by Crippen LogP contribution is -2.06. The molecule has 0 N–H and O–H groups in total. The molecule has 0 fully saturated rings. The normalized spacial score (nSPS) is 15.0. The Morgan fingerprint density at radius 3 is 2.54 bits per heavy atom. The van der Waals surface area contributed by atoms with E-state index in [1.807, 2.05) is 12.1 Å². The van der Waals surface area contributed by atoms with Crippen LogP contribution in [0.25, 0.3) is 6.08 Å². The molecule has 4 nitrogen and oxygen atoms in total. The number of hydrogen-bond donors (Lipinski definition) is 0. The Hall–Kier alpha value is -0.840. The molecule has 146 valence electrons. The molecule has 0 spiro atoms. The highest BCUT2D eigenvalue weighted by atomic mass is 127. The van der Waals surface area contributed by atoms with Gasteiger partial charge in [-0.1, -0.05) is 36.5 Å². The average molecular weight is 642 g/mol. The van der Waals surface area contributed by atoms with E-state index in [4.69, 9.17) is 32.7 Å². The van der Waals surface area contributed by atoms with Gasteiger partial charge in [0.15, 0.2) is 5.70 Å². The number of nitrogens with zero attached hydrogens (tertiary/aromatic N) is 1. The fourth-order valence-electron chi connectivity index (χ4n) is 2.46. The van der Waals surface area contributed by atoms with Crippen LogP contribution in [-0.4, -0.2) is 18.5 Å². The fourth-order valence-corrected chi connectivity index (χ4v) is 5.08. The zero-order valence-corrected chi connectivity index (χ0v) is 20.6. The van der Waals surface area contributed by atoms with Gasteiger partial charge in [0, 0.05) is 5.02 Å². The molecule has 0 aliphatic carbocycles. The van der Waals surface area contributed by atoms with Crippen LogP contribution in [0.5, 0.6) is 5.75 Å². The molecule has 8 heteroatoms. The SMILES string of the molecule is CCCCOc1c(I)cc(/C=C2\N=C(c3ccc(Cl)cc3Cl)OC2=O)cc1I. The van der Waals surface area contributed by atoms with E-state index in [2.05, 4.69) is 57.1 Å². The summed E-state index contributed by atoms with van der Waals surface area (Å²) in [4.78, 5) is 16.6. The summed E-state index contributed by atoms with van der Waals surface area (Å²) in [6, 6.07) is 8.83. The van der Waals surface area contributed by atoms with E-state index in [1.54, 1.807) is 24.3 Å². The molecule has 3 rings (SSSR count). The second-order valence-electron chi connectivity index (χ2n) is 5.98. The largest absolute Gasteiger partial charge is 0.491 e. The number of ether oxygens (including phenoxy) is 2. The number of benzene rings is 2. The Balaban J connectivity index is 1.88. The molecule has 0 aromatic heterocycles. The number of carbonyl (C=O) groups is 1. The van der Waals surface area contributed by atoms with Gasteiger partial charge in [0.1, 0.15) is 5.75 Å². The molecule has 2 aromatic carbocycles. The highest BCUT2D eigenvalue weighted by Crippen LogP contribution is 2.31. The third-order valence-electron chi connectivity index (χ3n) is 3.85. The number of carbonyl (C=O) groups excluding carboxylic acids is 1. The lowest BCUT2D eigenvalue weighted by molar-refractivity contribution is -0.129. The monoisotopic (exact) mass is 641 g/mol. The predicted octanol–water partition coefficient (Wildman–Crippen LogP) is 6.73. The van der Waals surface area contributed by atoms with Crippen molar-refractivity contribution < 1.29 is 14.3 Å². The Kier molecular flexibility index (Phi) is 7.63. The molecule has 0 unspecified atom stereocenters. The molecule has 0 radical (unpaired) electrons. The van der Waals surface area contributed by atoms with Crippen LogP contribution in [0.1, 0.15) is 30.9 Å². The minimum atomic E-state index is -0.519. The number of rotatable bonds is 6. The summed E-state index contributed by atoms with van der Waals surface area (Å²) in [7, 11) is 0. The maximum atomic E-state index is 12.2. The van der Waals surface area contributed by atoms with Crippen LogP contribution in [0.3, 0.4) is 0 Å². The number of halogens is 4. The predicted molar refractivity (Wildman–Crippen MR) is 129 cm³/mol. The van der Waals surface area contributed by atoms with E-state index in [1.165, 1.54) is 0 Å². The van der Waals surface area contributed by atoms with Crippen molar-refractivity contribution in [2.45, 2.75) is 19.8 Å². The van der Waals surface area contributed by atoms with Crippen molar-refractivity contribution in [3.05, 3.63) is 64.3 Å². The summed E-state index contributed by atoms with van der Waals surface area (Å²) in [5.41, 5.74) is 1.58. The second-order valence-corrected chi connectivity index (χ2v) is 9.14. The molecule has 1 aliphatic heterocycles. The average Bonchev–Trinajstić information content (AvgIpc) is 2.97. The van der Waals surface area contributed by atoms with E-state index >= 15 is 0 Å². The van der Waals surface area contributed by atoms with Gasteiger partial charge in [-0.05, 0) is 93.6 Å². The smallest absolute Gasteiger partial charge is 0.363 e. The van der Waals surface area contributed by atoms with Crippen molar-refractivity contribution >= 4 is 86.3 Å². The minimum Gasteiger partial charge on any atom is -0.491 e. The molecule has 28 heavy (non-hydrogen) atoms. The van der Waals surface area contributed by atoms with Gasteiger partial charge >= 0.3 is 5.97 Å². The van der Waals surface area contributed by atoms with Gasteiger partial charge in [-0.3, -0.25) is 0 Å². The Morgan fingerprint density at radius 2 is 1.89 bits per heavy atom. The van der Waals surface area contributed by atoms with Crippen LogP contribution in [0, 0.1) is 7.14 Å². The van der Waals surface area contributed by atoms with Gasteiger partial charge in [-0.2, -0.15) is 0 Å². The van der Waals surface area contributed by atoms with Crippen molar-refractivity contribution in [2.24, 2.45) is 4.99 Å². The number of esters is 1. The molecular formula is C20H15Cl2I2NO3. The first-order valence-corrected chi connectivity index (χ1v) is 11.4. The summed E-state index contributed by atoms with van der Waals surface area (Å²) < 4.78 is 13.1. The molecule has 0 saturated carbocycles. The van der Waals surface area contributed by atoms with Gasteiger partial charge in [0.2, 0.25) is 5.90 Å². The topological polar surface area (TPSA) is 47.9 Å². The molecule has 0 saturated heterocycles. The van der Waals surface area contributed by atoms with E-state index in [-0.39, 0.29) is 11.6 Å². The zero-order valence-electron chi connectivity index (χ0n) is 14.8. The minimum absolute atomic E-state index is 0.168. The van der Waals surface area contributed by atoms with E-state index < -0.39 is 5.97 Å². The van der Waals surface area contributed by atoms with Gasteiger partial charge < -0.3 is 9.47 Å². The first-order valence-electron chi connectivity index (χ1n) is 8.49. The molecule has 0 atom stereocenters. The molecule has 1 heterocycles. The zero-order chi connectivity index (χ0) is 20.3. The first kappa shape index (κ1) is 21.9. The van der Waals surface area contributed by atoms with Gasteiger partial charge in [0.05, 0.1) is 24.3 Å². The van der Waals surface area contributed by atoms with Crippen molar-refractivity contribution in [3.8, 4) is 5.75 Å². The van der Waals surface area contributed by atoms with Crippen LogP contribution in [0.4, 0.5) is 0 Å². The van der Waals surface area contributed by atoms with Gasteiger partial charge in [-0.25, -0.2) is 9.79 Å². The molecule has 1 aliphatic rings. The lowest BCUT2D eigenvalue weighted by atomic mass is 10.2. The van der Waals surface area contributed by atoms with Crippen LogP contribution in [-0.2, 0) is 9.53 Å². The summed E-state index contributed by atoms with van der Waals surface area (Å²) in [6.07, 6.45) is 3.78. The van der Waals surface area contributed by atoms with Gasteiger partial charge in [0.25, 0.3) is 0 Å². The summed E-state index contributed by atoms with van der Waals surface area (Å²) in [6.45, 7) is 2.81. The first-order chi connectivity index (χ1) is 13.4. The maximum Gasteiger partial charge on any atom is 0.363 e.